The van der Waals surface area contributed by atoms with E-state index in [0.29, 0.717) is 43.6 Å². The number of hydrogen-bond donors (Lipinski definition) is 1. The molecule has 0 saturated carbocycles. The second-order valence-electron chi connectivity index (χ2n) is 8.23. The van der Waals surface area contributed by atoms with Gasteiger partial charge in [0.25, 0.3) is 5.91 Å². The quantitative estimate of drug-likeness (QED) is 0.562. The van der Waals surface area contributed by atoms with Crippen LogP contribution in [0.15, 0.2) is 51.9 Å². The topological polar surface area (TPSA) is 132 Å². The van der Waals surface area contributed by atoms with Gasteiger partial charge in [-0.2, -0.15) is 4.98 Å². The first-order chi connectivity index (χ1) is 16.2. The van der Waals surface area contributed by atoms with E-state index in [9.17, 15) is 13.2 Å². The lowest BCUT2D eigenvalue weighted by Crippen LogP contribution is -2.49. The molecule has 11 heteroatoms. The Hall–Kier alpha value is -3.28. The Balaban J connectivity index is 1.43. The van der Waals surface area contributed by atoms with Gasteiger partial charge in [0.15, 0.2) is 0 Å². The average molecular weight is 486 g/mol. The monoisotopic (exact) mass is 485 g/mol. The summed E-state index contributed by atoms with van der Waals surface area (Å²) in [5, 5.41) is 9.34. The molecule has 0 radical (unpaired) electrons. The number of nitrogens with zero attached hydrogens (tertiary/aromatic N) is 4. The van der Waals surface area contributed by atoms with Gasteiger partial charge in [0.05, 0.1) is 23.6 Å². The number of nitrogens with two attached hydrogens (primary N) is 1. The van der Waals surface area contributed by atoms with Gasteiger partial charge in [0.2, 0.25) is 21.7 Å². The van der Waals surface area contributed by atoms with Gasteiger partial charge in [0.1, 0.15) is 5.75 Å². The Labute approximate surface area is 198 Å². The van der Waals surface area contributed by atoms with Gasteiger partial charge in [-0.3, -0.25) is 9.69 Å². The van der Waals surface area contributed by atoms with E-state index in [4.69, 9.17) is 14.4 Å². The summed E-state index contributed by atoms with van der Waals surface area (Å²) in [6.07, 6.45) is 0. The van der Waals surface area contributed by atoms with Crippen LogP contribution in [0.1, 0.15) is 34.8 Å². The molecule has 0 spiro atoms. The SMILES string of the molecule is COc1ccc(S(N)(=O)=O)cc1C(=O)N1CCN(C(C)c2nc(-c3ccc(C)cc3)no2)CC1. The van der Waals surface area contributed by atoms with Crippen LogP contribution in [-0.2, 0) is 10.0 Å². The Morgan fingerprint density at radius 3 is 2.41 bits per heavy atom. The van der Waals surface area contributed by atoms with Crippen molar-refractivity contribution in [2.24, 2.45) is 5.14 Å². The molecule has 1 aromatic heterocycles. The third-order valence-electron chi connectivity index (χ3n) is 5.99. The fraction of sp³-hybridized carbons (Fsp3) is 0.348. The minimum absolute atomic E-state index is 0.121. The molecule has 3 aromatic rings. The number of carbonyl (C=O) groups excluding carboxylic acids is 1. The van der Waals surface area contributed by atoms with E-state index in [1.54, 1.807) is 4.90 Å². The highest BCUT2D eigenvalue weighted by molar-refractivity contribution is 7.89. The minimum atomic E-state index is -3.94. The molecule has 4 rings (SSSR count). The third-order valence-corrected chi connectivity index (χ3v) is 6.90. The van der Waals surface area contributed by atoms with Gasteiger partial charge < -0.3 is 14.2 Å². The third kappa shape index (κ3) is 4.96. The Morgan fingerprint density at radius 1 is 1.12 bits per heavy atom. The summed E-state index contributed by atoms with van der Waals surface area (Å²) < 4.78 is 34.2. The molecule has 1 amide bonds. The smallest absolute Gasteiger partial charge is 0.257 e. The van der Waals surface area contributed by atoms with Gasteiger partial charge in [-0.05, 0) is 32.0 Å². The summed E-state index contributed by atoms with van der Waals surface area (Å²) >= 11 is 0. The number of ether oxygens (including phenoxy) is 1. The van der Waals surface area contributed by atoms with Crippen molar-refractivity contribution in [2.45, 2.75) is 24.8 Å². The summed E-state index contributed by atoms with van der Waals surface area (Å²) in [6.45, 7) is 6.09. The van der Waals surface area contributed by atoms with E-state index in [1.165, 1.54) is 25.3 Å². The van der Waals surface area contributed by atoms with E-state index in [2.05, 4.69) is 15.0 Å². The first-order valence-electron chi connectivity index (χ1n) is 10.8. The van der Waals surface area contributed by atoms with Crippen molar-refractivity contribution >= 4 is 15.9 Å². The number of piperazine rings is 1. The number of hydrogen-bond acceptors (Lipinski definition) is 8. The number of amides is 1. The minimum Gasteiger partial charge on any atom is -0.496 e. The van der Waals surface area contributed by atoms with E-state index in [0.717, 1.165) is 11.1 Å². The van der Waals surface area contributed by atoms with E-state index in [-0.39, 0.29) is 22.4 Å². The lowest BCUT2D eigenvalue weighted by Gasteiger charge is -2.37. The van der Waals surface area contributed by atoms with Crippen molar-refractivity contribution in [2.75, 3.05) is 33.3 Å². The molecule has 1 fully saturated rings. The standard InChI is InChI=1S/C23H27N5O5S/c1-15-4-6-17(7-5-15)21-25-22(33-26-21)16(2)27-10-12-28(13-11-27)23(29)19-14-18(34(24,30)31)8-9-20(19)32-3/h4-9,14,16H,10-13H2,1-3H3,(H2,24,30,31). The van der Waals surface area contributed by atoms with Crippen LogP contribution in [0, 0.1) is 6.92 Å². The van der Waals surface area contributed by atoms with Crippen molar-refractivity contribution in [3.63, 3.8) is 0 Å². The predicted octanol–water partition coefficient (Wildman–Crippen LogP) is 2.22. The fourth-order valence-electron chi connectivity index (χ4n) is 3.89. The normalized spacial score (nSPS) is 15.8. The number of aryl methyl sites for hydroxylation is 1. The van der Waals surface area contributed by atoms with Gasteiger partial charge in [-0.15, -0.1) is 0 Å². The molecule has 1 unspecified atom stereocenters. The summed E-state index contributed by atoms with van der Waals surface area (Å²) in [5.74, 6) is 1.03. The van der Waals surface area contributed by atoms with Gasteiger partial charge >= 0.3 is 0 Å². The Kier molecular flexibility index (Phi) is 6.69. The molecular weight excluding hydrogens is 458 g/mol. The highest BCUT2D eigenvalue weighted by Crippen LogP contribution is 2.26. The molecule has 1 saturated heterocycles. The fourth-order valence-corrected chi connectivity index (χ4v) is 4.43. The van der Waals surface area contributed by atoms with E-state index < -0.39 is 10.0 Å². The molecule has 34 heavy (non-hydrogen) atoms. The van der Waals surface area contributed by atoms with Crippen molar-refractivity contribution in [3.8, 4) is 17.1 Å². The van der Waals surface area contributed by atoms with Crippen LogP contribution in [0.4, 0.5) is 0 Å². The van der Waals surface area contributed by atoms with Gasteiger partial charge in [-0.25, -0.2) is 13.6 Å². The molecule has 0 bridgehead atoms. The van der Waals surface area contributed by atoms with Crippen molar-refractivity contribution in [1.82, 2.24) is 19.9 Å². The van der Waals surface area contributed by atoms with E-state index >= 15 is 0 Å². The van der Waals surface area contributed by atoms with Crippen LogP contribution < -0.4 is 9.88 Å². The van der Waals surface area contributed by atoms with Crippen molar-refractivity contribution < 1.29 is 22.5 Å². The highest BCUT2D eigenvalue weighted by atomic mass is 32.2. The number of aromatic nitrogens is 2. The van der Waals surface area contributed by atoms with Crippen molar-refractivity contribution in [1.29, 1.82) is 0 Å². The molecule has 1 aliphatic heterocycles. The maximum absolute atomic E-state index is 13.1. The summed E-state index contributed by atoms with van der Waals surface area (Å²) in [6, 6.07) is 11.8. The number of sulfonamides is 1. The molecule has 1 atom stereocenters. The first kappa shape index (κ1) is 23.9. The maximum Gasteiger partial charge on any atom is 0.257 e. The van der Waals surface area contributed by atoms with Crippen LogP contribution in [0.25, 0.3) is 11.4 Å². The molecule has 2 heterocycles. The molecule has 1 aliphatic rings. The molecule has 0 aliphatic carbocycles. The number of methoxy groups -OCH3 is 1. The maximum atomic E-state index is 13.1. The summed E-state index contributed by atoms with van der Waals surface area (Å²) in [5.41, 5.74) is 2.20. The zero-order valence-corrected chi connectivity index (χ0v) is 20.1. The average Bonchev–Trinajstić information content (AvgIpc) is 3.33. The van der Waals surface area contributed by atoms with Crippen LogP contribution in [0.5, 0.6) is 5.75 Å². The zero-order valence-electron chi connectivity index (χ0n) is 19.3. The van der Waals surface area contributed by atoms with Crippen molar-refractivity contribution in [3.05, 3.63) is 59.5 Å². The van der Waals surface area contributed by atoms with Gasteiger partial charge in [-0.1, -0.05) is 35.0 Å². The molecule has 2 aromatic carbocycles. The lowest BCUT2D eigenvalue weighted by atomic mass is 10.1. The van der Waals surface area contributed by atoms with Crippen LogP contribution in [-0.4, -0.2) is 67.6 Å². The second-order valence-corrected chi connectivity index (χ2v) is 9.79. The molecule has 10 nitrogen and oxygen atoms in total. The largest absolute Gasteiger partial charge is 0.496 e. The number of benzene rings is 2. The first-order valence-corrected chi connectivity index (χ1v) is 12.4. The number of rotatable bonds is 6. The van der Waals surface area contributed by atoms with E-state index in [1.807, 2.05) is 38.1 Å². The molecule has 2 N–H and O–H groups in total. The van der Waals surface area contributed by atoms with Crippen LogP contribution >= 0.6 is 0 Å². The molecular formula is C23H27N5O5S. The zero-order chi connectivity index (χ0) is 24.5. The Morgan fingerprint density at radius 2 is 1.79 bits per heavy atom. The number of primary sulfonamides is 1. The summed E-state index contributed by atoms with van der Waals surface area (Å²) in [7, 11) is -2.52. The van der Waals surface area contributed by atoms with Crippen LogP contribution in [0.3, 0.4) is 0 Å². The lowest BCUT2D eigenvalue weighted by molar-refractivity contribution is 0.0548. The summed E-state index contributed by atoms with van der Waals surface area (Å²) in [4.78, 5) is 21.4. The Bertz CT molecular complexity index is 1280. The molecule has 180 valence electrons. The second kappa shape index (κ2) is 9.53. The van der Waals surface area contributed by atoms with Gasteiger partial charge in [0, 0.05) is 31.7 Å². The number of carbonyl (C=O) groups is 1. The van der Waals surface area contributed by atoms with Crippen LogP contribution in [0.2, 0.25) is 0 Å². The highest BCUT2D eigenvalue weighted by Gasteiger charge is 2.29. The predicted molar refractivity (Wildman–Crippen MR) is 125 cm³/mol.